The molecule has 21 heavy (non-hydrogen) atoms. The highest BCUT2D eigenvalue weighted by Crippen LogP contribution is 2.26. The molecule has 0 saturated carbocycles. The highest BCUT2D eigenvalue weighted by molar-refractivity contribution is 5.38. The first-order chi connectivity index (χ1) is 10.1. The van der Waals surface area contributed by atoms with Crippen LogP contribution in [-0.4, -0.2) is 23.7 Å². The van der Waals surface area contributed by atoms with Crippen LogP contribution in [0.1, 0.15) is 35.8 Å². The van der Waals surface area contributed by atoms with Crippen LogP contribution in [0, 0.1) is 6.92 Å². The zero-order valence-electron chi connectivity index (χ0n) is 12.7. The van der Waals surface area contributed by atoms with Crippen LogP contribution in [-0.2, 0) is 0 Å². The molecule has 2 unspecified atom stereocenters. The molecular weight excluding hydrogens is 264 g/mol. The van der Waals surface area contributed by atoms with E-state index in [1.807, 2.05) is 24.3 Å². The molecular formula is C17H22N2O2. The molecule has 0 amide bonds. The molecule has 0 aliphatic heterocycles. The number of ether oxygens (including phenoxy) is 1. The number of hydrogen-bond donors (Lipinski definition) is 2. The summed E-state index contributed by atoms with van der Waals surface area (Å²) < 4.78 is 5.40. The fourth-order valence-corrected chi connectivity index (χ4v) is 2.29. The molecule has 0 bridgehead atoms. The van der Waals surface area contributed by atoms with Crippen molar-refractivity contribution in [1.29, 1.82) is 0 Å². The van der Waals surface area contributed by atoms with Crippen molar-refractivity contribution in [3.63, 3.8) is 0 Å². The normalized spacial score (nSPS) is 13.7. The second-order valence-corrected chi connectivity index (χ2v) is 5.17. The van der Waals surface area contributed by atoms with Crippen LogP contribution < -0.4 is 10.1 Å². The van der Waals surface area contributed by atoms with Crippen LogP contribution in [0.25, 0.3) is 0 Å². The van der Waals surface area contributed by atoms with Crippen molar-refractivity contribution >= 4 is 0 Å². The second-order valence-electron chi connectivity index (χ2n) is 5.17. The SMILES string of the molecule is COc1ccc(C)cc1C(C)NCC(O)c1ccncc1. The van der Waals surface area contributed by atoms with E-state index in [0.29, 0.717) is 6.54 Å². The molecule has 2 rings (SSSR count). The second kappa shape index (κ2) is 7.20. The average Bonchev–Trinajstić information content (AvgIpc) is 2.53. The maximum atomic E-state index is 10.2. The van der Waals surface area contributed by atoms with E-state index in [4.69, 9.17) is 4.74 Å². The summed E-state index contributed by atoms with van der Waals surface area (Å²) in [6.07, 6.45) is 2.82. The minimum Gasteiger partial charge on any atom is -0.496 e. The third-order valence-corrected chi connectivity index (χ3v) is 3.56. The number of methoxy groups -OCH3 is 1. The van der Waals surface area contributed by atoms with E-state index in [2.05, 4.69) is 30.2 Å². The highest BCUT2D eigenvalue weighted by atomic mass is 16.5. The van der Waals surface area contributed by atoms with Crippen molar-refractivity contribution in [3.8, 4) is 5.75 Å². The molecule has 0 fully saturated rings. The van der Waals surface area contributed by atoms with Gasteiger partial charge >= 0.3 is 0 Å². The number of aromatic nitrogens is 1. The number of rotatable bonds is 6. The third kappa shape index (κ3) is 4.03. The molecule has 0 saturated heterocycles. The number of aliphatic hydroxyl groups is 1. The first kappa shape index (κ1) is 15.5. The van der Waals surface area contributed by atoms with Crippen molar-refractivity contribution in [2.24, 2.45) is 0 Å². The molecule has 0 radical (unpaired) electrons. The molecule has 4 nitrogen and oxygen atoms in total. The molecule has 2 N–H and O–H groups in total. The third-order valence-electron chi connectivity index (χ3n) is 3.56. The summed E-state index contributed by atoms with van der Waals surface area (Å²) in [7, 11) is 1.67. The number of hydrogen-bond acceptors (Lipinski definition) is 4. The number of nitrogens with one attached hydrogen (secondary N) is 1. The molecule has 4 heteroatoms. The summed E-state index contributed by atoms with van der Waals surface area (Å²) in [5.74, 6) is 0.860. The molecule has 0 aliphatic carbocycles. The largest absolute Gasteiger partial charge is 0.496 e. The maximum Gasteiger partial charge on any atom is 0.123 e. The minimum atomic E-state index is -0.550. The van der Waals surface area contributed by atoms with Gasteiger partial charge in [-0.15, -0.1) is 0 Å². The molecule has 2 aromatic rings. The quantitative estimate of drug-likeness (QED) is 0.857. The summed E-state index contributed by atoms with van der Waals surface area (Å²) in [6.45, 7) is 4.60. The van der Waals surface area contributed by atoms with Crippen LogP contribution in [0.2, 0.25) is 0 Å². The van der Waals surface area contributed by atoms with Gasteiger partial charge in [0.25, 0.3) is 0 Å². The number of aryl methyl sites for hydroxylation is 1. The van der Waals surface area contributed by atoms with E-state index in [9.17, 15) is 5.11 Å². The zero-order chi connectivity index (χ0) is 15.2. The van der Waals surface area contributed by atoms with Crippen molar-refractivity contribution < 1.29 is 9.84 Å². The Morgan fingerprint density at radius 2 is 1.95 bits per heavy atom. The lowest BCUT2D eigenvalue weighted by atomic mass is 10.0. The summed E-state index contributed by atoms with van der Waals surface area (Å²) in [4.78, 5) is 3.95. The van der Waals surface area contributed by atoms with Gasteiger partial charge < -0.3 is 15.2 Å². The zero-order valence-corrected chi connectivity index (χ0v) is 12.7. The van der Waals surface area contributed by atoms with Gasteiger partial charge in [0.05, 0.1) is 13.2 Å². The average molecular weight is 286 g/mol. The Morgan fingerprint density at radius 3 is 2.62 bits per heavy atom. The van der Waals surface area contributed by atoms with E-state index in [1.54, 1.807) is 19.5 Å². The van der Waals surface area contributed by atoms with Gasteiger partial charge in [-0.3, -0.25) is 4.98 Å². The van der Waals surface area contributed by atoms with Gasteiger partial charge in [-0.1, -0.05) is 17.7 Å². The maximum absolute atomic E-state index is 10.2. The predicted octanol–water partition coefficient (Wildman–Crippen LogP) is 2.78. The molecule has 0 aliphatic rings. The standard InChI is InChI=1S/C17H22N2O2/c1-12-4-5-17(21-3)15(10-12)13(2)19-11-16(20)14-6-8-18-9-7-14/h4-10,13,16,19-20H,11H2,1-3H3. The Labute approximate surface area is 125 Å². The van der Waals surface area contributed by atoms with Crippen molar-refractivity contribution in [3.05, 3.63) is 59.4 Å². The van der Waals surface area contributed by atoms with E-state index in [1.165, 1.54) is 5.56 Å². The summed E-state index contributed by atoms with van der Waals surface area (Å²) in [6, 6.07) is 9.85. The summed E-state index contributed by atoms with van der Waals surface area (Å²) in [5.41, 5.74) is 3.15. The van der Waals surface area contributed by atoms with Crippen LogP contribution in [0.4, 0.5) is 0 Å². The Bertz CT molecular complexity index is 572. The Kier molecular flexibility index (Phi) is 5.31. The molecule has 112 valence electrons. The number of pyridine rings is 1. The smallest absolute Gasteiger partial charge is 0.123 e. The minimum absolute atomic E-state index is 0.0938. The summed E-state index contributed by atoms with van der Waals surface area (Å²) >= 11 is 0. The fourth-order valence-electron chi connectivity index (χ4n) is 2.29. The van der Waals surface area contributed by atoms with Crippen LogP contribution in [0.5, 0.6) is 5.75 Å². The van der Waals surface area contributed by atoms with Crippen LogP contribution >= 0.6 is 0 Å². The molecule has 0 spiro atoms. The number of aliphatic hydroxyl groups excluding tert-OH is 1. The predicted molar refractivity (Wildman–Crippen MR) is 83.3 cm³/mol. The highest BCUT2D eigenvalue weighted by Gasteiger charge is 2.14. The Morgan fingerprint density at radius 1 is 1.24 bits per heavy atom. The van der Waals surface area contributed by atoms with E-state index in [0.717, 1.165) is 16.9 Å². The first-order valence-electron chi connectivity index (χ1n) is 7.07. The lowest BCUT2D eigenvalue weighted by Crippen LogP contribution is -2.25. The number of nitrogens with zero attached hydrogens (tertiary/aromatic N) is 1. The fraction of sp³-hybridized carbons (Fsp3) is 0.353. The Balaban J connectivity index is 2.02. The van der Waals surface area contributed by atoms with Gasteiger partial charge in [0.1, 0.15) is 5.75 Å². The lowest BCUT2D eigenvalue weighted by Gasteiger charge is -2.20. The van der Waals surface area contributed by atoms with Gasteiger partial charge in [0.15, 0.2) is 0 Å². The number of benzene rings is 1. The van der Waals surface area contributed by atoms with Crippen molar-refractivity contribution in [1.82, 2.24) is 10.3 Å². The van der Waals surface area contributed by atoms with Gasteiger partial charge in [0, 0.05) is 30.5 Å². The molecule has 1 aromatic heterocycles. The Hall–Kier alpha value is -1.91. The van der Waals surface area contributed by atoms with Gasteiger partial charge in [0.2, 0.25) is 0 Å². The lowest BCUT2D eigenvalue weighted by molar-refractivity contribution is 0.170. The monoisotopic (exact) mass is 286 g/mol. The van der Waals surface area contributed by atoms with Crippen molar-refractivity contribution in [2.75, 3.05) is 13.7 Å². The van der Waals surface area contributed by atoms with Crippen LogP contribution in [0.15, 0.2) is 42.7 Å². The molecule has 2 atom stereocenters. The van der Waals surface area contributed by atoms with Crippen molar-refractivity contribution in [2.45, 2.75) is 26.0 Å². The molecule has 1 heterocycles. The van der Waals surface area contributed by atoms with Gasteiger partial charge in [-0.25, -0.2) is 0 Å². The first-order valence-corrected chi connectivity index (χ1v) is 7.07. The van der Waals surface area contributed by atoms with Gasteiger partial charge in [-0.2, -0.15) is 0 Å². The van der Waals surface area contributed by atoms with Crippen LogP contribution in [0.3, 0.4) is 0 Å². The topological polar surface area (TPSA) is 54.4 Å². The van der Waals surface area contributed by atoms with Gasteiger partial charge in [-0.05, 0) is 37.6 Å². The van der Waals surface area contributed by atoms with E-state index < -0.39 is 6.10 Å². The van der Waals surface area contributed by atoms with E-state index >= 15 is 0 Å². The molecule has 1 aromatic carbocycles. The summed E-state index contributed by atoms with van der Waals surface area (Å²) in [5, 5.41) is 13.5. The van der Waals surface area contributed by atoms with E-state index in [-0.39, 0.29) is 6.04 Å².